The van der Waals surface area contributed by atoms with E-state index in [4.69, 9.17) is 4.74 Å². The molecule has 6 heteroatoms. The maximum absolute atomic E-state index is 12.3. The molecule has 0 fully saturated rings. The number of alkyl halides is 3. The Morgan fingerprint density at radius 3 is 2.35 bits per heavy atom. The summed E-state index contributed by atoms with van der Waals surface area (Å²) < 4.78 is 41.7. The molecular weight excluding hydrogens is 233 g/mol. The molecule has 0 spiro atoms. The molecule has 0 saturated carbocycles. The van der Waals surface area contributed by atoms with Crippen LogP contribution in [0.25, 0.3) is 0 Å². The van der Waals surface area contributed by atoms with Crippen molar-refractivity contribution in [2.45, 2.75) is 32.5 Å². The summed E-state index contributed by atoms with van der Waals surface area (Å²) in [6.07, 6.45) is -3.25. The van der Waals surface area contributed by atoms with Crippen LogP contribution in [0.2, 0.25) is 0 Å². The van der Waals surface area contributed by atoms with Gasteiger partial charge in [0.05, 0.1) is 6.54 Å². The van der Waals surface area contributed by atoms with Gasteiger partial charge >= 0.3 is 6.18 Å². The van der Waals surface area contributed by atoms with E-state index in [1.165, 1.54) is 4.90 Å². The molecule has 0 bridgehead atoms. The molecule has 0 aromatic rings. The van der Waals surface area contributed by atoms with Crippen molar-refractivity contribution in [1.82, 2.24) is 10.2 Å². The van der Waals surface area contributed by atoms with Crippen LogP contribution < -0.4 is 5.32 Å². The van der Waals surface area contributed by atoms with Crippen molar-refractivity contribution in [3.05, 3.63) is 0 Å². The maximum atomic E-state index is 12.3. The van der Waals surface area contributed by atoms with E-state index in [1.807, 2.05) is 0 Å². The van der Waals surface area contributed by atoms with E-state index < -0.39 is 12.7 Å². The number of nitrogens with one attached hydrogen (secondary N) is 1. The lowest BCUT2D eigenvalue weighted by Gasteiger charge is -2.27. The van der Waals surface area contributed by atoms with Gasteiger partial charge in [-0.25, -0.2) is 0 Å². The van der Waals surface area contributed by atoms with Gasteiger partial charge in [-0.3, -0.25) is 4.90 Å². The van der Waals surface area contributed by atoms with Gasteiger partial charge in [0.15, 0.2) is 0 Å². The van der Waals surface area contributed by atoms with Crippen LogP contribution in [-0.4, -0.2) is 57.0 Å². The summed E-state index contributed by atoms with van der Waals surface area (Å²) in [5.41, 5.74) is 0. The van der Waals surface area contributed by atoms with Gasteiger partial charge in [-0.05, 0) is 26.8 Å². The number of rotatable bonds is 9. The number of nitrogens with zero attached hydrogens (tertiary/aromatic N) is 1. The predicted molar refractivity (Wildman–Crippen MR) is 62.1 cm³/mol. The lowest BCUT2D eigenvalue weighted by molar-refractivity contribution is -0.149. The molecule has 17 heavy (non-hydrogen) atoms. The average Bonchev–Trinajstić information content (AvgIpc) is 2.19. The average molecular weight is 256 g/mol. The molecule has 0 amide bonds. The van der Waals surface area contributed by atoms with Crippen LogP contribution >= 0.6 is 0 Å². The third kappa shape index (κ3) is 10.5. The van der Waals surface area contributed by atoms with Crippen molar-refractivity contribution < 1.29 is 17.9 Å². The molecule has 0 atom stereocenters. The molecule has 0 aliphatic heterocycles. The third-order valence-electron chi connectivity index (χ3n) is 2.39. The summed E-state index contributed by atoms with van der Waals surface area (Å²) in [5.74, 6) is 0. The lowest BCUT2D eigenvalue weighted by Crippen LogP contribution is -2.42. The third-order valence-corrected chi connectivity index (χ3v) is 2.39. The molecule has 104 valence electrons. The van der Waals surface area contributed by atoms with Crippen LogP contribution in [0, 0.1) is 0 Å². The molecule has 0 aliphatic carbocycles. The van der Waals surface area contributed by atoms with Crippen LogP contribution in [-0.2, 0) is 4.74 Å². The largest absolute Gasteiger partial charge is 0.401 e. The van der Waals surface area contributed by atoms with Crippen molar-refractivity contribution in [1.29, 1.82) is 0 Å². The molecule has 0 aromatic heterocycles. The minimum atomic E-state index is -4.12. The van der Waals surface area contributed by atoms with E-state index in [0.29, 0.717) is 19.7 Å². The lowest BCUT2D eigenvalue weighted by atomic mass is 10.3. The van der Waals surface area contributed by atoms with Gasteiger partial charge in [0.2, 0.25) is 0 Å². The van der Waals surface area contributed by atoms with E-state index >= 15 is 0 Å². The van der Waals surface area contributed by atoms with Crippen LogP contribution in [0.4, 0.5) is 13.2 Å². The van der Waals surface area contributed by atoms with E-state index in [-0.39, 0.29) is 6.04 Å². The number of ether oxygens (including phenoxy) is 1. The van der Waals surface area contributed by atoms with Crippen molar-refractivity contribution in [3.8, 4) is 0 Å². The van der Waals surface area contributed by atoms with Crippen molar-refractivity contribution in [2.75, 3.05) is 39.9 Å². The highest BCUT2D eigenvalue weighted by Gasteiger charge is 2.31. The number of hydrogen-bond acceptors (Lipinski definition) is 3. The Hall–Kier alpha value is -0.330. The highest BCUT2D eigenvalue weighted by molar-refractivity contribution is 4.68. The van der Waals surface area contributed by atoms with Gasteiger partial charge in [0, 0.05) is 32.8 Å². The molecule has 0 radical (unpaired) electrons. The van der Waals surface area contributed by atoms with Crippen molar-refractivity contribution in [2.24, 2.45) is 0 Å². The first-order chi connectivity index (χ1) is 7.87. The Balaban J connectivity index is 3.71. The fraction of sp³-hybridized carbons (Fsp3) is 1.00. The first kappa shape index (κ1) is 16.7. The summed E-state index contributed by atoms with van der Waals surface area (Å²) in [7, 11) is 1.63. The molecule has 0 aliphatic rings. The molecule has 0 aromatic carbocycles. The monoisotopic (exact) mass is 256 g/mol. The fourth-order valence-corrected chi connectivity index (χ4v) is 1.44. The zero-order valence-corrected chi connectivity index (χ0v) is 10.8. The zero-order valence-electron chi connectivity index (χ0n) is 10.8. The highest BCUT2D eigenvalue weighted by atomic mass is 19.4. The van der Waals surface area contributed by atoms with Crippen molar-refractivity contribution in [3.63, 3.8) is 0 Å². The summed E-state index contributed by atoms with van der Waals surface area (Å²) >= 11 is 0. The summed E-state index contributed by atoms with van der Waals surface area (Å²) in [5, 5.41) is 3.10. The Kier molecular flexibility index (Phi) is 8.55. The van der Waals surface area contributed by atoms with Crippen LogP contribution in [0.1, 0.15) is 20.3 Å². The molecule has 1 N–H and O–H groups in total. The molecule has 3 nitrogen and oxygen atoms in total. The summed E-state index contributed by atoms with van der Waals surface area (Å²) in [6, 6.07) is -0.0996. The van der Waals surface area contributed by atoms with E-state index in [0.717, 1.165) is 13.0 Å². The second-order valence-electron chi connectivity index (χ2n) is 4.28. The number of halogens is 3. The molecular formula is C11H23F3N2O. The topological polar surface area (TPSA) is 24.5 Å². The molecule has 0 heterocycles. The highest BCUT2D eigenvalue weighted by Crippen LogP contribution is 2.17. The number of methoxy groups -OCH3 is 1. The molecule has 0 saturated heterocycles. The van der Waals surface area contributed by atoms with E-state index in [9.17, 15) is 13.2 Å². The second kappa shape index (κ2) is 8.72. The quantitative estimate of drug-likeness (QED) is 0.638. The van der Waals surface area contributed by atoms with Gasteiger partial charge in [-0.2, -0.15) is 13.2 Å². The van der Waals surface area contributed by atoms with Gasteiger partial charge in [-0.1, -0.05) is 0 Å². The van der Waals surface area contributed by atoms with Crippen molar-refractivity contribution >= 4 is 0 Å². The standard InChI is InChI=1S/C11H23F3N2O/c1-10(2)16(9-11(12,13)14)7-6-15-5-4-8-17-3/h10,15H,4-9H2,1-3H3. The van der Waals surface area contributed by atoms with Gasteiger partial charge in [-0.15, -0.1) is 0 Å². The first-order valence-electron chi connectivity index (χ1n) is 5.87. The predicted octanol–water partition coefficient (Wildman–Crippen LogP) is 1.89. The van der Waals surface area contributed by atoms with Crippen LogP contribution in [0.5, 0.6) is 0 Å². The normalized spacial score (nSPS) is 12.7. The summed E-state index contributed by atoms with van der Waals surface area (Å²) in [4.78, 5) is 1.42. The smallest absolute Gasteiger partial charge is 0.385 e. The first-order valence-corrected chi connectivity index (χ1v) is 5.87. The second-order valence-corrected chi connectivity index (χ2v) is 4.28. The van der Waals surface area contributed by atoms with Gasteiger partial charge in [0.1, 0.15) is 0 Å². The Morgan fingerprint density at radius 1 is 1.24 bits per heavy atom. The molecule has 0 unspecified atom stereocenters. The van der Waals surface area contributed by atoms with E-state index in [2.05, 4.69) is 5.32 Å². The zero-order chi connectivity index (χ0) is 13.3. The fourth-order valence-electron chi connectivity index (χ4n) is 1.44. The number of hydrogen-bond donors (Lipinski definition) is 1. The van der Waals surface area contributed by atoms with Gasteiger partial charge < -0.3 is 10.1 Å². The SMILES string of the molecule is COCCCNCCN(CC(F)(F)F)C(C)C. The summed E-state index contributed by atoms with van der Waals surface area (Å²) in [6.45, 7) is 5.12. The Bertz CT molecular complexity index is 186. The minimum Gasteiger partial charge on any atom is -0.385 e. The molecule has 0 rings (SSSR count). The maximum Gasteiger partial charge on any atom is 0.401 e. The van der Waals surface area contributed by atoms with Gasteiger partial charge in [0.25, 0.3) is 0 Å². The Labute approximate surface area is 101 Å². The minimum absolute atomic E-state index is 0.0996. The van der Waals surface area contributed by atoms with Crippen LogP contribution in [0.3, 0.4) is 0 Å². The van der Waals surface area contributed by atoms with Crippen LogP contribution in [0.15, 0.2) is 0 Å². The Morgan fingerprint density at radius 2 is 1.88 bits per heavy atom. The van der Waals surface area contributed by atoms with E-state index in [1.54, 1.807) is 21.0 Å².